The van der Waals surface area contributed by atoms with Gasteiger partial charge in [-0.15, -0.1) is 11.3 Å². The summed E-state index contributed by atoms with van der Waals surface area (Å²) in [5.74, 6) is -0.163. The van der Waals surface area contributed by atoms with Crippen molar-refractivity contribution in [2.45, 2.75) is 19.3 Å². The van der Waals surface area contributed by atoms with Gasteiger partial charge in [-0.1, -0.05) is 42.5 Å². The first-order valence-electron chi connectivity index (χ1n) is 7.95. The van der Waals surface area contributed by atoms with Gasteiger partial charge in [0.2, 0.25) is 5.91 Å². The molecule has 1 N–H and O–H groups in total. The van der Waals surface area contributed by atoms with Gasteiger partial charge >= 0.3 is 0 Å². The first kappa shape index (κ1) is 17.8. The van der Waals surface area contributed by atoms with Crippen LogP contribution in [0.1, 0.15) is 19.4 Å². The van der Waals surface area contributed by atoms with Crippen molar-refractivity contribution in [3.8, 4) is 11.3 Å². The van der Waals surface area contributed by atoms with Crippen LogP contribution in [0.15, 0.2) is 60.0 Å². The Balaban J connectivity index is 1.79. The van der Waals surface area contributed by atoms with Crippen LogP contribution < -0.4 is 5.32 Å². The van der Waals surface area contributed by atoms with Crippen LogP contribution in [0.25, 0.3) is 11.3 Å². The molecule has 0 spiro atoms. The van der Waals surface area contributed by atoms with E-state index in [0.717, 1.165) is 5.56 Å². The van der Waals surface area contributed by atoms with Crippen molar-refractivity contribution in [1.82, 2.24) is 4.98 Å². The highest BCUT2D eigenvalue weighted by atomic mass is 32.1. The van der Waals surface area contributed by atoms with Crippen molar-refractivity contribution in [1.29, 1.82) is 0 Å². The molecule has 0 aliphatic carbocycles. The highest BCUT2D eigenvalue weighted by Gasteiger charge is 2.30. The molecule has 1 aromatic heterocycles. The van der Waals surface area contributed by atoms with Crippen LogP contribution in [0.3, 0.4) is 0 Å². The summed E-state index contributed by atoms with van der Waals surface area (Å²) < 4.78 is 0. The number of nitrogens with one attached hydrogen (secondary N) is 1. The van der Waals surface area contributed by atoms with Crippen molar-refractivity contribution in [3.05, 3.63) is 75.7 Å². The molecule has 3 aromatic rings. The minimum Gasteiger partial charge on any atom is -0.301 e. The van der Waals surface area contributed by atoms with E-state index in [1.807, 2.05) is 44.2 Å². The highest BCUT2D eigenvalue weighted by Crippen LogP contribution is 2.29. The first-order chi connectivity index (χ1) is 12.4. The number of carbonyl (C=O) groups is 1. The number of amides is 1. The fraction of sp³-hybridized carbons (Fsp3) is 0.158. The van der Waals surface area contributed by atoms with Gasteiger partial charge < -0.3 is 5.32 Å². The summed E-state index contributed by atoms with van der Waals surface area (Å²) in [5, 5.41) is 16.0. The number of nitro benzene ring substituents is 1. The summed E-state index contributed by atoms with van der Waals surface area (Å²) in [6, 6.07) is 15.8. The van der Waals surface area contributed by atoms with Gasteiger partial charge in [-0.3, -0.25) is 14.9 Å². The van der Waals surface area contributed by atoms with Crippen LogP contribution in [0.2, 0.25) is 0 Å². The molecule has 7 heteroatoms. The Morgan fingerprint density at radius 2 is 1.88 bits per heavy atom. The smallest absolute Gasteiger partial charge is 0.270 e. The van der Waals surface area contributed by atoms with Gasteiger partial charge in [0.15, 0.2) is 5.13 Å². The normalized spacial score (nSPS) is 11.2. The molecular weight excluding hydrogens is 350 g/mol. The lowest BCUT2D eigenvalue weighted by Crippen LogP contribution is -2.34. The molecule has 132 valence electrons. The van der Waals surface area contributed by atoms with Gasteiger partial charge in [0, 0.05) is 23.1 Å². The Hall–Kier alpha value is -3.06. The zero-order chi connectivity index (χ0) is 18.7. The van der Waals surface area contributed by atoms with Crippen molar-refractivity contribution < 1.29 is 9.72 Å². The number of thiazole rings is 1. The quantitative estimate of drug-likeness (QED) is 0.526. The molecule has 1 amide bonds. The van der Waals surface area contributed by atoms with E-state index in [9.17, 15) is 14.9 Å². The van der Waals surface area contributed by atoms with E-state index in [0.29, 0.717) is 16.4 Å². The molecule has 0 aliphatic rings. The number of nitrogens with zero attached hydrogens (tertiary/aromatic N) is 2. The fourth-order valence-corrected chi connectivity index (χ4v) is 3.20. The lowest BCUT2D eigenvalue weighted by molar-refractivity contribution is -0.384. The van der Waals surface area contributed by atoms with Crippen LogP contribution in [0.4, 0.5) is 10.8 Å². The van der Waals surface area contributed by atoms with Crippen LogP contribution >= 0.6 is 11.3 Å². The number of hydrogen-bond acceptors (Lipinski definition) is 5. The van der Waals surface area contributed by atoms with E-state index in [1.165, 1.54) is 23.5 Å². The van der Waals surface area contributed by atoms with E-state index in [4.69, 9.17) is 0 Å². The highest BCUT2D eigenvalue weighted by molar-refractivity contribution is 7.14. The van der Waals surface area contributed by atoms with Gasteiger partial charge in [-0.25, -0.2) is 4.98 Å². The van der Waals surface area contributed by atoms with Crippen molar-refractivity contribution in [2.24, 2.45) is 0 Å². The molecule has 0 unspecified atom stereocenters. The van der Waals surface area contributed by atoms with E-state index in [1.54, 1.807) is 17.5 Å². The second-order valence-corrected chi connectivity index (χ2v) is 7.15. The van der Waals surface area contributed by atoms with Crippen LogP contribution in [0.5, 0.6) is 0 Å². The molecule has 0 aliphatic heterocycles. The molecule has 26 heavy (non-hydrogen) atoms. The van der Waals surface area contributed by atoms with Gasteiger partial charge in [0.25, 0.3) is 5.69 Å². The average Bonchev–Trinajstić information content (AvgIpc) is 3.11. The van der Waals surface area contributed by atoms with Gasteiger partial charge in [-0.2, -0.15) is 0 Å². The minimum absolute atomic E-state index is 0.00583. The molecule has 0 radical (unpaired) electrons. The number of aromatic nitrogens is 1. The number of hydrogen-bond donors (Lipinski definition) is 1. The Morgan fingerprint density at radius 3 is 2.58 bits per heavy atom. The second-order valence-electron chi connectivity index (χ2n) is 6.29. The average molecular weight is 367 g/mol. The topological polar surface area (TPSA) is 85.1 Å². The standard InChI is InChI=1S/C19H17N3O3S/c1-19(2,14-8-4-3-5-9-14)17(23)21-18-20-16(12-26-18)13-7-6-10-15(11-13)22(24)25/h3-12H,1-2H3,(H,20,21,23). The van der Waals surface area contributed by atoms with E-state index in [2.05, 4.69) is 10.3 Å². The zero-order valence-corrected chi connectivity index (χ0v) is 15.1. The van der Waals surface area contributed by atoms with E-state index in [-0.39, 0.29) is 11.6 Å². The Kier molecular flexibility index (Phi) is 4.81. The molecule has 2 aromatic carbocycles. The summed E-state index contributed by atoms with van der Waals surface area (Å²) in [4.78, 5) is 27.5. The predicted octanol–water partition coefficient (Wildman–Crippen LogP) is 4.63. The molecular formula is C19H17N3O3S. The van der Waals surface area contributed by atoms with Gasteiger partial charge in [0.1, 0.15) is 0 Å². The van der Waals surface area contributed by atoms with Crippen LogP contribution in [-0.4, -0.2) is 15.8 Å². The number of rotatable bonds is 5. The Labute approximate surface area is 154 Å². The summed E-state index contributed by atoms with van der Waals surface area (Å²) >= 11 is 1.29. The first-order valence-corrected chi connectivity index (χ1v) is 8.83. The number of benzene rings is 2. The lowest BCUT2D eigenvalue weighted by Gasteiger charge is -2.23. The maximum absolute atomic E-state index is 12.7. The van der Waals surface area contributed by atoms with Crippen molar-refractivity contribution in [2.75, 3.05) is 5.32 Å². The van der Waals surface area contributed by atoms with Crippen molar-refractivity contribution >= 4 is 28.1 Å². The third-order valence-electron chi connectivity index (χ3n) is 4.14. The van der Waals surface area contributed by atoms with E-state index >= 15 is 0 Å². The molecule has 0 fully saturated rings. The second kappa shape index (κ2) is 7.05. The fourth-order valence-electron chi connectivity index (χ4n) is 2.48. The number of non-ortho nitro benzene ring substituents is 1. The molecule has 6 nitrogen and oxygen atoms in total. The Morgan fingerprint density at radius 1 is 1.15 bits per heavy atom. The van der Waals surface area contributed by atoms with Crippen LogP contribution in [-0.2, 0) is 10.2 Å². The summed E-state index contributed by atoms with van der Waals surface area (Å²) in [5.41, 5.74) is 1.43. The van der Waals surface area contributed by atoms with E-state index < -0.39 is 10.3 Å². The zero-order valence-electron chi connectivity index (χ0n) is 14.3. The summed E-state index contributed by atoms with van der Waals surface area (Å²) in [7, 11) is 0. The van der Waals surface area contributed by atoms with Crippen LogP contribution in [0, 0.1) is 10.1 Å². The predicted molar refractivity (Wildman–Crippen MR) is 102 cm³/mol. The molecule has 0 bridgehead atoms. The molecule has 1 heterocycles. The molecule has 0 atom stereocenters. The SMILES string of the molecule is CC(C)(C(=O)Nc1nc(-c2cccc([N+](=O)[O-])c2)cs1)c1ccccc1. The number of carbonyl (C=O) groups excluding carboxylic acids is 1. The minimum atomic E-state index is -0.710. The summed E-state index contributed by atoms with van der Waals surface area (Å²) in [6.45, 7) is 3.71. The number of nitro groups is 1. The molecule has 0 saturated heterocycles. The third-order valence-corrected chi connectivity index (χ3v) is 4.90. The molecule has 0 saturated carbocycles. The van der Waals surface area contributed by atoms with Gasteiger partial charge in [0.05, 0.1) is 16.0 Å². The maximum Gasteiger partial charge on any atom is 0.270 e. The largest absolute Gasteiger partial charge is 0.301 e. The Bertz CT molecular complexity index is 951. The number of anilines is 1. The monoisotopic (exact) mass is 367 g/mol. The third kappa shape index (κ3) is 3.62. The lowest BCUT2D eigenvalue weighted by atomic mass is 9.84. The molecule has 3 rings (SSSR count). The maximum atomic E-state index is 12.7. The van der Waals surface area contributed by atoms with Crippen molar-refractivity contribution in [3.63, 3.8) is 0 Å². The van der Waals surface area contributed by atoms with Gasteiger partial charge in [-0.05, 0) is 19.4 Å². The summed E-state index contributed by atoms with van der Waals surface area (Å²) in [6.07, 6.45) is 0.